The van der Waals surface area contributed by atoms with Crippen molar-refractivity contribution < 1.29 is 9.53 Å². The van der Waals surface area contributed by atoms with Crippen molar-refractivity contribution in [3.63, 3.8) is 0 Å². The van der Waals surface area contributed by atoms with E-state index in [4.69, 9.17) is 9.72 Å². The van der Waals surface area contributed by atoms with E-state index in [2.05, 4.69) is 20.2 Å². The summed E-state index contributed by atoms with van der Waals surface area (Å²) in [6, 6.07) is 7.95. The third-order valence-electron chi connectivity index (χ3n) is 4.72. The topological polar surface area (TPSA) is 71.5 Å². The molecule has 0 N–H and O–H groups in total. The van der Waals surface area contributed by atoms with Crippen molar-refractivity contribution in [1.29, 1.82) is 0 Å². The van der Waals surface area contributed by atoms with Crippen LogP contribution in [0.4, 0.5) is 0 Å². The molecule has 4 rings (SSSR count). The van der Waals surface area contributed by atoms with Crippen molar-refractivity contribution in [3.05, 3.63) is 59.6 Å². The number of rotatable bonds is 5. The Morgan fingerprint density at radius 2 is 1.93 bits per heavy atom. The van der Waals surface area contributed by atoms with Crippen LogP contribution in [0.1, 0.15) is 16.2 Å². The Hall–Kier alpha value is -2.84. The smallest absolute Gasteiger partial charge is 0.274 e. The lowest BCUT2D eigenvalue weighted by Gasteiger charge is -2.34. The maximum Gasteiger partial charge on any atom is 0.274 e. The van der Waals surface area contributed by atoms with Gasteiger partial charge in [0.2, 0.25) is 0 Å². The van der Waals surface area contributed by atoms with Crippen LogP contribution in [0.5, 0.6) is 5.75 Å². The van der Waals surface area contributed by atoms with Crippen molar-refractivity contribution >= 4 is 17.2 Å². The van der Waals surface area contributed by atoms with Crippen LogP contribution in [-0.2, 0) is 6.54 Å². The maximum atomic E-state index is 12.5. The standard InChI is InChI=1S/C20H21N5O2S/c1-27-17-4-2-15(3-5-17)19-23-16(14-28-19)13-24-8-10-25(11-9-24)20(26)18-12-21-6-7-22-18/h2-7,12,14H,8-11,13H2,1H3. The predicted octanol–water partition coefficient (Wildman–Crippen LogP) is 2.57. The average molecular weight is 395 g/mol. The molecule has 8 heteroatoms. The Morgan fingerprint density at radius 3 is 2.61 bits per heavy atom. The van der Waals surface area contributed by atoms with Gasteiger partial charge in [0.25, 0.3) is 5.91 Å². The molecule has 0 unspecified atom stereocenters. The molecule has 0 radical (unpaired) electrons. The number of carbonyl (C=O) groups is 1. The minimum atomic E-state index is -0.0526. The molecule has 28 heavy (non-hydrogen) atoms. The van der Waals surface area contributed by atoms with E-state index in [9.17, 15) is 4.79 Å². The number of amides is 1. The first-order valence-electron chi connectivity index (χ1n) is 9.09. The molecular weight excluding hydrogens is 374 g/mol. The van der Waals surface area contributed by atoms with Gasteiger partial charge in [0.15, 0.2) is 0 Å². The van der Waals surface area contributed by atoms with Gasteiger partial charge in [0.05, 0.1) is 19.0 Å². The van der Waals surface area contributed by atoms with Crippen molar-refractivity contribution in [3.8, 4) is 16.3 Å². The molecule has 1 aromatic carbocycles. The molecule has 144 valence electrons. The van der Waals surface area contributed by atoms with E-state index in [1.165, 1.54) is 6.20 Å². The van der Waals surface area contributed by atoms with Crippen LogP contribution in [0.3, 0.4) is 0 Å². The molecule has 2 aromatic heterocycles. The van der Waals surface area contributed by atoms with Crippen LogP contribution in [0.2, 0.25) is 0 Å². The fourth-order valence-corrected chi connectivity index (χ4v) is 3.97. The number of benzene rings is 1. The van der Waals surface area contributed by atoms with Gasteiger partial charge in [0, 0.05) is 56.1 Å². The summed E-state index contributed by atoms with van der Waals surface area (Å²) in [5, 5.41) is 3.12. The summed E-state index contributed by atoms with van der Waals surface area (Å²) in [7, 11) is 1.66. The zero-order valence-electron chi connectivity index (χ0n) is 15.6. The lowest BCUT2D eigenvalue weighted by molar-refractivity contribution is 0.0621. The molecule has 7 nitrogen and oxygen atoms in total. The number of hydrogen-bond donors (Lipinski definition) is 0. The third-order valence-corrected chi connectivity index (χ3v) is 5.66. The number of carbonyl (C=O) groups excluding carboxylic acids is 1. The molecule has 3 heterocycles. The molecule has 1 saturated heterocycles. The highest BCUT2D eigenvalue weighted by molar-refractivity contribution is 7.13. The number of methoxy groups -OCH3 is 1. The number of nitrogens with zero attached hydrogens (tertiary/aromatic N) is 5. The quantitative estimate of drug-likeness (QED) is 0.661. The predicted molar refractivity (Wildman–Crippen MR) is 107 cm³/mol. The zero-order valence-corrected chi connectivity index (χ0v) is 16.4. The van der Waals surface area contributed by atoms with Crippen LogP contribution in [0, 0.1) is 0 Å². The van der Waals surface area contributed by atoms with Crippen LogP contribution >= 0.6 is 11.3 Å². The van der Waals surface area contributed by atoms with E-state index in [1.807, 2.05) is 29.2 Å². The molecule has 3 aromatic rings. The van der Waals surface area contributed by atoms with Crippen LogP contribution < -0.4 is 4.74 Å². The fourth-order valence-electron chi connectivity index (χ4n) is 3.16. The fraction of sp³-hybridized carbons (Fsp3) is 0.300. The summed E-state index contributed by atoms with van der Waals surface area (Å²) in [6.07, 6.45) is 4.64. The highest BCUT2D eigenvalue weighted by Gasteiger charge is 2.23. The highest BCUT2D eigenvalue weighted by atomic mass is 32.1. The first-order chi connectivity index (χ1) is 13.7. The monoisotopic (exact) mass is 395 g/mol. The number of piperazine rings is 1. The molecule has 0 saturated carbocycles. The van der Waals surface area contributed by atoms with E-state index in [-0.39, 0.29) is 5.91 Å². The van der Waals surface area contributed by atoms with Gasteiger partial charge in [-0.05, 0) is 24.3 Å². The number of aromatic nitrogens is 3. The molecular formula is C20H21N5O2S. The Morgan fingerprint density at radius 1 is 1.14 bits per heavy atom. The SMILES string of the molecule is COc1ccc(-c2nc(CN3CCN(C(=O)c4cnccn4)CC3)cs2)cc1. The van der Waals surface area contributed by atoms with E-state index >= 15 is 0 Å². The summed E-state index contributed by atoms with van der Waals surface area (Å²) in [5.74, 6) is 0.789. The van der Waals surface area contributed by atoms with Gasteiger partial charge < -0.3 is 9.64 Å². The molecule has 0 bridgehead atoms. The van der Waals surface area contributed by atoms with Crippen LogP contribution in [-0.4, -0.2) is 63.9 Å². The summed E-state index contributed by atoms with van der Waals surface area (Å²) in [6.45, 7) is 3.80. The largest absolute Gasteiger partial charge is 0.497 e. The van der Waals surface area contributed by atoms with Crippen LogP contribution in [0.25, 0.3) is 10.6 Å². The van der Waals surface area contributed by atoms with Gasteiger partial charge in [0.1, 0.15) is 16.5 Å². The van der Waals surface area contributed by atoms with Gasteiger partial charge in [-0.15, -0.1) is 11.3 Å². The molecule has 0 atom stereocenters. The third kappa shape index (κ3) is 4.18. The second kappa shape index (κ2) is 8.45. The Bertz CT molecular complexity index is 921. The van der Waals surface area contributed by atoms with Crippen molar-refractivity contribution in [2.75, 3.05) is 33.3 Å². The number of thiazole rings is 1. The van der Waals surface area contributed by atoms with Gasteiger partial charge in [-0.1, -0.05) is 0 Å². The average Bonchev–Trinajstić information content (AvgIpc) is 3.23. The minimum absolute atomic E-state index is 0.0526. The van der Waals surface area contributed by atoms with Gasteiger partial charge >= 0.3 is 0 Å². The van der Waals surface area contributed by atoms with Gasteiger partial charge in [-0.3, -0.25) is 14.7 Å². The Balaban J connectivity index is 1.32. The molecule has 1 amide bonds. The summed E-state index contributed by atoms with van der Waals surface area (Å²) >= 11 is 1.65. The Labute approximate surface area is 167 Å². The van der Waals surface area contributed by atoms with Gasteiger partial charge in [-0.2, -0.15) is 0 Å². The van der Waals surface area contributed by atoms with E-state index in [0.717, 1.165) is 41.6 Å². The second-order valence-electron chi connectivity index (χ2n) is 6.53. The van der Waals surface area contributed by atoms with Crippen molar-refractivity contribution in [2.24, 2.45) is 0 Å². The van der Waals surface area contributed by atoms with Crippen molar-refractivity contribution in [1.82, 2.24) is 24.8 Å². The van der Waals surface area contributed by atoms with E-state index in [1.54, 1.807) is 30.8 Å². The first-order valence-corrected chi connectivity index (χ1v) is 9.97. The number of hydrogen-bond acceptors (Lipinski definition) is 7. The summed E-state index contributed by atoms with van der Waals surface area (Å²) in [5.41, 5.74) is 2.56. The lowest BCUT2D eigenvalue weighted by atomic mass is 10.2. The molecule has 1 aliphatic heterocycles. The molecule has 1 fully saturated rings. The maximum absolute atomic E-state index is 12.5. The summed E-state index contributed by atoms with van der Waals surface area (Å²) in [4.78, 5) is 29.5. The molecule has 0 spiro atoms. The van der Waals surface area contributed by atoms with E-state index < -0.39 is 0 Å². The molecule has 0 aliphatic carbocycles. The molecule has 1 aliphatic rings. The van der Waals surface area contributed by atoms with E-state index in [0.29, 0.717) is 18.8 Å². The van der Waals surface area contributed by atoms with Crippen molar-refractivity contribution in [2.45, 2.75) is 6.54 Å². The lowest BCUT2D eigenvalue weighted by Crippen LogP contribution is -2.48. The Kier molecular flexibility index (Phi) is 5.59. The summed E-state index contributed by atoms with van der Waals surface area (Å²) < 4.78 is 5.21. The zero-order chi connectivity index (χ0) is 19.3. The second-order valence-corrected chi connectivity index (χ2v) is 7.39. The first kappa shape index (κ1) is 18.5. The minimum Gasteiger partial charge on any atom is -0.497 e. The number of ether oxygens (including phenoxy) is 1. The highest BCUT2D eigenvalue weighted by Crippen LogP contribution is 2.26. The normalized spacial score (nSPS) is 14.8. The van der Waals surface area contributed by atoms with Gasteiger partial charge in [-0.25, -0.2) is 9.97 Å². The van der Waals surface area contributed by atoms with Crippen LogP contribution in [0.15, 0.2) is 48.2 Å².